The lowest BCUT2D eigenvalue weighted by molar-refractivity contribution is 0.414. The van der Waals surface area contributed by atoms with Crippen LogP contribution < -0.4 is 15.4 Å². The Balaban J connectivity index is 1.81. The van der Waals surface area contributed by atoms with Gasteiger partial charge >= 0.3 is 0 Å². The zero-order valence-corrected chi connectivity index (χ0v) is 18.3. The molecule has 0 fully saturated rings. The van der Waals surface area contributed by atoms with Gasteiger partial charge in [-0.05, 0) is 62.8 Å². The first-order valence-electron chi connectivity index (χ1n) is 9.95. The molecule has 0 aliphatic heterocycles. The molecule has 2 rings (SSSR count). The molecule has 1 aromatic carbocycles. The number of rotatable bonds is 8. The first-order valence-corrected chi connectivity index (χ1v) is 9.95. The fourth-order valence-electron chi connectivity index (χ4n) is 3.40. The summed E-state index contributed by atoms with van der Waals surface area (Å²) in [5.41, 5.74) is 4.96. The molecule has 1 aromatic heterocycles. The Kier molecular flexibility index (Phi) is 7.91. The number of aromatic nitrogens is 2. The highest BCUT2D eigenvalue weighted by molar-refractivity contribution is 5.79. The maximum absolute atomic E-state index is 5.23. The van der Waals surface area contributed by atoms with E-state index in [-0.39, 0.29) is 6.04 Å². The molecule has 0 spiro atoms. The molecule has 1 heterocycles. The molecule has 0 aliphatic rings. The number of methoxy groups -OCH3 is 1. The van der Waals surface area contributed by atoms with Crippen molar-refractivity contribution in [2.75, 3.05) is 20.7 Å². The minimum Gasteiger partial charge on any atom is -0.497 e. The van der Waals surface area contributed by atoms with Crippen LogP contribution in [0.1, 0.15) is 48.7 Å². The summed E-state index contributed by atoms with van der Waals surface area (Å²) in [6, 6.07) is 8.58. The maximum atomic E-state index is 5.23. The number of guanidine groups is 1. The molecular weight excluding hydrogens is 350 g/mol. The van der Waals surface area contributed by atoms with Gasteiger partial charge in [-0.1, -0.05) is 19.1 Å². The van der Waals surface area contributed by atoms with E-state index in [4.69, 9.17) is 4.74 Å². The molecular formula is C22H35N5O. The van der Waals surface area contributed by atoms with Gasteiger partial charge in [-0.3, -0.25) is 9.67 Å². The molecule has 0 bridgehead atoms. The summed E-state index contributed by atoms with van der Waals surface area (Å²) in [6.07, 6.45) is 1.96. The Hall–Kier alpha value is -2.50. The summed E-state index contributed by atoms with van der Waals surface area (Å²) in [5.74, 6) is 2.20. The zero-order valence-electron chi connectivity index (χ0n) is 18.3. The van der Waals surface area contributed by atoms with Crippen LogP contribution in [-0.2, 0) is 13.5 Å². The Morgan fingerprint density at radius 2 is 1.89 bits per heavy atom. The molecule has 2 atom stereocenters. The van der Waals surface area contributed by atoms with E-state index >= 15 is 0 Å². The molecule has 6 heteroatoms. The van der Waals surface area contributed by atoms with Gasteiger partial charge in [-0.25, -0.2) is 0 Å². The molecule has 2 aromatic rings. The van der Waals surface area contributed by atoms with Crippen LogP contribution in [0.25, 0.3) is 0 Å². The number of aliphatic imine (C=N–C) groups is 1. The lowest BCUT2D eigenvalue weighted by Crippen LogP contribution is -2.43. The van der Waals surface area contributed by atoms with Crippen LogP contribution in [0.5, 0.6) is 5.75 Å². The minimum absolute atomic E-state index is 0.270. The standard InChI is InChI=1S/C22H35N5O/c1-15(19-8-10-20(28-7)11-9-19)12-13-24-22(23-5)25-16(2)14-21-17(3)26-27(6)18(21)4/h8-11,15-16H,12-14H2,1-7H3,(H2,23,24,25). The molecule has 0 amide bonds. The lowest BCUT2D eigenvalue weighted by atomic mass is 9.98. The summed E-state index contributed by atoms with van der Waals surface area (Å²) in [7, 11) is 5.50. The number of nitrogens with one attached hydrogen (secondary N) is 2. The summed E-state index contributed by atoms with van der Waals surface area (Å²) in [5, 5.41) is 11.4. The summed E-state index contributed by atoms with van der Waals surface area (Å²) in [6.45, 7) is 9.48. The number of ether oxygens (including phenoxy) is 1. The summed E-state index contributed by atoms with van der Waals surface area (Å²) >= 11 is 0. The van der Waals surface area contributed by atoms with Crippen molar-refractivity contribution >= 4 is 5.96 Å². The largest absolute Gasteiger partial charge is 0.497 e. The van der Waals surface area contributed by atoms with E-state index in [1.807, 2.05) is 30.9 Å². The van der Waals surface area contributed by atoms with Crippen LogP contribution in [0, 0.1) is 13.8 Å². The normalized spacial score (nSPS) is 13.9. The van der Waals surface area contributed by atoms with Crippen molar-refractivity contribution in [2.45, 2.75) is 52.5 Å². The Labute approximate surface area is 169 Å². The second-order valence-electron chi connectivity index (χ2n) is 7.48. The van der Waals surface area contributed by atoms with Crippen LogP contribution >= 0.6 is 0 Å². The maximum Gasteiger partial charge on any atom is 0.191 e. The predicted molar refractivity (Wildman–Crippen MR) is 116 cm³/mol. The topological polar surface area (TPSA) is 63.5 Å². The van der Waals surface area contributed by atoms with Crippen molar-refractivity contribution in [2.24, 2.45) is 12.0 Å². The Bertz CT molecular complexity index is 779. The van der Waals surface area contributed by atoms with E-state index in [9.17, 15) is 0 Å². The van der Waals surface area contributed by atoms with Gasteiger partial charge in [0.05, 0.1) is 12.8 Å². The highest BCUT2D eigenvalue weighted by atomic mass is 16.5. The van der Waals surface area contributed by atoms with Crippen LogP contribution in [0.3, 0.4) is 0 Å². The number of benzene rings is 1. The number of hydrogen-bond acceptors (Lipinski definition) is 3. The average Bonchev–Trinajstić information content (AvgIpc) is 2.93. The van der Waals surface area contributed by atoms with Crippen LogP contribution in [0.15, 0.2) is 29.3 Å². The Morgan fingerprint density at radius 3 is 2.43 bits per heavy atom. The summed E-state index contributed by atoms with van der Waals surface area (Å²) in [4.78, 5) is 4.37. The molecule has 6 nitrogen and oxygen atoms in total. The fourth-order valence-corrected chi connectivity index (χ4v) is 3.40. The quantitative estimate of drug-likeness (QED) is 0.540. The van der Waals surface area contributed by atoms with Gasteiger partial charge < -0.3 is 15.4 Å². The molecule has 0 radical (unpaired) electrons. The highest BCUT2D eigenvalue weighted by Crippen LogP contribution is 2.21. The smallest absolute Gasteiger partial charge is 0.191 e. The molecule has 0 saturated heterocycles. The monoisotopic (exact) mass is 385 g/mol. The van der Waals surface area contributed by atoms with Crippen molar-refractivity contribution in [3.05, 3.63) is 46.8 Å². The number of hydrogen-bond donors (Lipinski definition) is 2. The van der Waals surface area contributed by atoms with Crippen LogP contribution in [0.4, 0.5) is 0 Å². The van der Waals surface area contributed by atoms with Gasteiger partial charge in [0.2, 0.25) is 0 Å². The van der Waals surface area contributed by atoms with Crippen molar-refractivity contribution in [3.8, 4) is 5.75 Å². The van der Waals surface area contributed by atoms with Gasteiger partial charge in [0.25, 0.3) is 0 Å². The first-order chi connectivity index (χ1) is 13.3. The SMILES string of the molecule is CN=C(NCCC(C)c1ccc(OC)cc1)NC(C)Cc1c(C)nn(C)c1C. The van der Waals surface area contributed by atoms with Crippen molar-refractivity contribution in [1.82, 2.24) is 20.4 Å². The second kappa shape index (κ2) is 10.2. The Morgan fingerprint density at radius 1 is 1.21 bits per heavy atom. The molecule has 2 N–H and O–H groups in total. The van der Waals surface area contributed by atoms with E-state index in [0.29, 0.717) is 5.92 Å². The predicted octanol–water partition coefficient (Wildman–Crippen LogP) is 3.34. The van der Waals surface area contributed by atoms with E-state index in [2.05, 4.69) is 60.6 Å². The molecule has 0 aliphatic carbocycles. The minimum atomic E-state index is 0.270. The zero-order chi connectivity index (χ0) is 20.7. The van der Waals surface area contributed by atoms with E-state index < -0.39 is 0 Å². The molecule has 2 unspecified atom stereocenters. The van der Waals surface area contributed by atoms with Gasteiger partial charge in [-0.15, -0.1) is 0 Å². The molecule has 0 saturated carbocycles. The van der Waals surface area contributed by atoms with E-state index in [1.54, 1.807) is 7.11 Å². The van der Waals surface area contributed by atoms with E-state index in [1.165, 1.54) is 16.8 Å². The van der Waals surface area contributed by atoms with Crippen molar-refractivity contribution in [1.29, 1.82) is 0 Å². The molecule has 28 heavy (non-hydrogen) atoms. The number of aryl methyl sites for hydroxylation is 2. The second-order valence-corrected chi connectivity index (χ2v) is 7.48. The highest BCUT2D eigenvalue weighted by Gasteiger charge is 2.14. The fraction of sp³-hybridized carbons (Fsp3) is 0.545. The third-order valence-electron chi connectivity index (χ3n) is 5.33. The van der Waals surface area contributed by atoms with E-state index in [0.717, 1.165) is 36.8 Å². The summed E-state index contributed by atoms with van der Waals surface area (Å²) < 4.78 is 7.18. The van der Waals surface area contributed by atoms with Gasteiger partial charge in [0, 0.05) is 32.4 Å². The van der Waals surface area contributed by atoms with Gasteiger partial charge in [-0.2, -0.15) is 5.10 Å². The van der Waals surface area contributed by atoms with Crippen molar-refractivity contribution < 1.29 is 4.74 Å². The molecule has 154 valence electrons. The van der Waals surface area contributed by atoms with Crippen LogP contribution in [0.2, 0.25) is 0 Å². The van der Waals surface area contributed by atoms with Gasteiger partial charge in [0.15, 0.2) is 5.96 Å². The third kappa shape index (κ3) is 5.75. The lowest BCUT2D eigenvalue weighted by Gasteiger charge is -2.19. The average molecular weight is 386 g/mol. The first kappa shape index (κ1) is 21.8. The van der Waals surface area contributed by atoms with Gasteiger partial charge in [0.1, 0.15) is 5.75 Å². The van der Waals surface area contributed by atoms with Crippen molar-refractivity contribution in [3.63, 3.8) is 0 Å². The van der Waals surface area contributed by atoms with Crippen LogP contribution in [-0.4, -0.2) is 42.5 Å². The number of nitrogens with zero attached hydrogens (tertiary/aromatic N) is 3. The third-order valence-corrected chi connectivity index (χ3v) is 5.33.